The molecule has 0 fully saturated rings. The summed E-state index contributed by atoms with van der Waals surface area (Å²) >= 11 is 3.58. The van der Waals surface area contributed by atoms with Crippen LogP contribution in [0.15, 0.2) is 65.3 Å². The molecule has 78 valence electrons. The number of halogens is 1. The van der Waals surface area contributed by atoms with Gasteiger partial charge in [0, 0.05) is 10.7 Å². The van der Waals surface area contributed by atoms with Gasteiger partial charge < -0.3 is 4.57 Å². The third kappa shape index (κ3) is 1.46. The number of para-hydroxylation sites is 2. The smallest absolute Gasteiger partial charge is 0.0597 e. The lowest BCUT2D eigenvalue weighted by molar-refractivity contribution is 1.12. The van der Waals surface area contributed by atoms with Crippen molar-refractivity contribution < 1.29 is 0 Å². The van der Waals surface area contributed by atoms with Crippen LogP contribution >= 0.6 is 15.9 Å². The molecule has 1 heterocycles. The van der Waals surface area contributed by atoms with Crippen molar-refractivity contribution in [3.05, 3.63) is 65.3 Å². The van der Waals surface area contributed by atoms with Crippen molar-refractivity contribution >= 4 is 26.8 Å². The Morgan fingerprint density at radius 1 is 0.812 bits per heavy atom. The van der Waals surface area contributed by atoms with Crippen LogP contribution in [-0.2, 0) is 0 Å². The highest BCUT2D eigenvalue weighted by Gasteiger charge is 2.04. The van der Waals surface area contributed by atoms with Crippen LogP contribution in [0.2, 0.25) is 0 Å². The Labute approximate surface area is 102 Å². The van der Waals surface area contributed by atoms with E-state index in [1.54, 1.807) is 0 Å². The molecule has 0 unspecified atom stereocenters. The van der Waals surface area contributed by atoms with Crippen LogP contribution < -0.4 is 0 Å². The number of benzene rings is 2. The standard InChI is InChI=1S/C14H10BrN/c15-12-6-2-4-8-14(12)16-10-9-11-5-1-3-7-13(11)16/h1-10H. The maximum Gasteiger partial charge on any atom is 0.0597 e. The molecule has 16 heavy (non-hydrogen) atoms. The summed E-state index contributed by atoms with van der Waals surface area (Å²) in [5.74, 6) is 0. The second-order valence-corrected chi connectivity index (χ2v) is 4.55. The van der Waals surface area contributed by atoms with Crippen molar-refractivity contribution in [1.82, 2.24) is 4.57 Å². The van der Waals surface area contributed by atoms with E-state index < -0.39 is 0 Å². The normalized spacial score (nSPS) is 10.8. The summed E-state index contributed by atoms with van der Waals surface area (Å²) in [6, 6.07) is 18.8. The van der Waals surface area contributed by atoms with E-state index in [0.717, 1.165) is 4.47 Å². The highest BCUT2D eigenvalue weighted by atomic mass is 79.9. The molecule has 0 saturated heterocycles. The summed E-state index contributed by atoms with van der Waals surface area (Å²) in [5.41, 5.74) is 2.40. The van der Waals surface area contributed by atoms with Crippen molar-refractivity contribution in [3.8, 4) is 5.69 Å². The predicted octanol–water partition coefficient (Wildman–Crippen LogP) is 4.39. The topological polar surface area (TPSA) is 4.93 Å². The largest absolute Gasteiger partial charge is 0.315 e. The molecule has 1 aromatic heterocycles. The Bertz CT molecular complexity index is 640. The van der Waals surface area contributed by atoms with Crippen molar-refractivity contribution in [2.75, 3.05) is 0 Å². The molecule has 0 atom stereocenters. The van der Waals surface area contributed by atoms with Crippen LogP contribution in [0.4, 0.5) is 0 Å². The van der Waals surface area contributed by atoms with E-state index >= 15 is 0 Å². The fourth-order valence-electron chi connectivity index (χ4n) is 1.94. The third-order valence-electron chi connectivity index (χ3n) is 2.71. The van der Waals surface area contributed by atoms with Gasteiger partial charge in [-0.1, -0.05) is 30.3 Å². The van der Waals surface area contributed by atoms with Gasteiger partial charge in [0.1, 0.15) is 0 Å². The van der Waals surface area contributed by atoms with Crippen molar-refractivity contribution in [2.45, 2.75) is 0 Å². The molecule has 0 aliphatic heterocycles. The number of fused-ring (bicyclic) bond motifs is 1. The van der Waals surface area contributed by atoms with Gasteiger partial charge in [0.2, 0.25) is 0 Å². The van der Waals surface area contributed by atoms with E-state index in [9.17, 15) is 0 Å². The fourth-order valence-corrected chi connectivity index (χ4v) is 2.42. The minimum atomic E-state index is 1.11. The highest BCUT2D eigenvalue weighted by molar-refractivity contribution is 9.10. The zero-order valence-corrected chi connectivity index (χ0v) is 10.2. The fraction of sp³-hybridized carbons (Fsp3) is 0. The predicted molar refractivity (Wildman–Crippen MR) is 71.0 cm³/mol. The molecular weight excluding hydrogens is 262 g/mol. The van der Waals surface area contributed by atoms with Crippen molar-refractivity contribution in [3.63, 3.8) is 0 Å². The maximum atomic E-state index is 3.58. The van der Waals surface area contributed by atoms with Gasteiger partial charge in [-0.2, -0.15) is 0 Å². The number of rotatable bonds is 1. The quantitative estimate of drug-likeness (QED) is 0.619. The summed E-state index contributed by atoms with van der Waals surface area (Å²) in [4.78, 5) is 0. The molecule has 0 N–H and O–H groups in total. The second kappa shape index (κ2) is 3.80. The third-order valence-corrected chi connectivity index (χ3v) is 3.38. The van der Waals surface area contributed by atoms with Crippen LogP contribution in [-0.4, -0.2) is 4.57 Å². The van der Waals surface area contributed by atoms with Gasteiger partial charge >= 0.3 is 0 Å². The maximum absolute atomic E-state index is 3.58. The molecule has 1 nitrogen and oxygen atoms in total. The van der Waals surface area contributed by atoms with Gasteiger partial charge in [0.05, 0.1) is 11.2 Å². The summed E-state index contributed by atoms with van der Waals surface area (Å²) in [6.45, 7) is 0. The highest BCUT2D eigenvalue weighted by Crippen LogP contribution is 2.25. The lowest BCUT2D eigenvalue weighted by Gasteiger charge is -2.07. The zero-order chi connectivity index (χ0) is 11.0. The van der Waals surface area contributed by atoms with E-state index in [2.05, 4.69) is 75.2 Å². The minimum Gasteiger partial charge on any atom is -0.315 e. The first-order valence-corrected chi connectivity index (χ1v) is 5.96. The molecule has 0 saturated carbocycles. The number of nitrogens with zero attached hydrogens (tertiary/aromatic N) is 1. The lowest BCUT2D eigenvalue weighted by atomic mass is 10.2. The van der Waals surface area contributed by atoms with Crippen LogP contribution in [0, 0.1) is 0 Å². The Hall–Kier alpha value is -1.54. The van der Waals surface area contributed by atoms with Crippen molar-refractivity contribution in [2.24, 2.45) is 0 Å². The Morgan fingerprint density at radius 3 is 2.44 bits per heavy atom. The molecule has 3 aromatic rings. The molecule has 0 aliphatic rings. The second-order valence-electron chi connectivity index (χ2n) is 3.70. The zero-order valence-electron chi connectivity index (χ0n) is 8.60. The molecule has 3 rings (SSSR count). The van der Waals surface area contributed by atoms with E-state index in [4.69, 9.17) is 0 Å². The van der Waals surface area contributed by atoms with E-state index in [-0.39, 0.29) is 0 Å². The first-order chi connectivity index (χ1) is 7.86. The average Bonchev–Trinajstić information content (AvgIpc) is 2.74. The van der Waals surface area contributed by atoms with Crippen LogP contribution in [0.25, 0.3) is 16.6 Å². The molecule has 2 aromatic carbocycles. The Balaban J connectivity index is 2.31. The molecule has 0 spiro atoms. The minimum absolute atomic E-state index is 1.11. The van der Waals surface area contributed by atoms with Crippen LogP contribution in [0.3, 0.4) is 0 Å². The summed E-state index contributed by atoms with van der Waals surface area (Å²) in [6.07, 6.45) is 2.10. The molecule has 0 amide bonds. The van der Waals surface area contributed by atoms with E-state index in [1.165, 1.54) is 16.6 Å². The van der Waals surface area contributed by atoms with E-state index in [0.29, 0.717) is 0 Å². The van der Waals surface area contributed by atoms with Gasteiger partial charge in [0.25, 0.3) is 0 Å². The summed E-state index contributed by atoms with van der Waals surface area (Å²) < 4.78 is 3.30. The molecular formula is C14H10BrN. The molecule has 0 radical (unpaired) electrons. The van der Waals surface area contributed by atoms with Gasteiger partial charge in [-0.15, -0.1) is 0 Å². The number of hydrogen-bond acceptors (Lipinski definition) is 0. The first kappa shape index (κ1) is 9.67. The van der Waals surface area contributed by atoms with Gasteiger partial charge in [-0.05, 0) is 45.6 Å². The van der Waals surface area contributed by atoms with Gasteiger partial charge in [0.15, 0.2) is 0 Å². The molecule has 0 aliphatic carbocycles. The number of hydrogen-bond donors (Lipinski definition) is 0. The van der Waals surface area contributed by atoms with Crippen LogP contribution in [0.1, 0.15) is 0 Å². The molecule has 0 bridgehead atoms. The molecule has 2 heteroatoms. The van der Waals surface area contributed by atoms with Gasteiger partial charge in [-0.3, -0.25) is 0 Å². The van der Waals surface area contributed by atoms with Crippen molar-refractivity contribution in [1.29, 1.82) is 0 Å². The Morgan fingerprint density at radius 2 is 1.56 bits per heavy atom. The average molecular weight is 272 g/mol. The monoisotopic (exact) mass is 271 g/mol. The summed E-state index contributed by atoms with van der Waals surface area (Å²) in [5, 5.41) is 1.26. The van der Waals surface area contributed by atoms with E-state index in [1.807, 2.05) is 6.07 Å². The SMILES string of the molecule is Brc1ccccc1-n1ccc2ccccc21. The van der Waals surface area contributed by atoms with Crippen LogP contribution in [0.5, 0.6) is 0 Å². The lowest BCUT2D eigenvalue weighted by Crippen LogP contribution is -1.92. The Kier molecular flexibility index (Phi) is 2.29. The summed E-state index contributed by atoms with van der Waals surface area (Å²) in [7, 11) is 0. The number of aromatic nitrogens is 1. The van der Waals surface area contributed by atoms with Gasteiger partial charge in [-0.25, -0.2) is 0 Å². The first-order valence-electron chi connectivity index (χ1n) is 5.17.